The molecule has 1 N–H and O–H groups in total. The van der Waals surface area contributed by atoms with E-state index in [0.29, 0.717) is 31.7 Å². The van der Waals surface area contributed by atoms with Crippen LogP contribution in [-0.2, 0) is 22.6 Å². The molecule has 0 unspecified atom stereocenters. The molecule has 1 aliphatic rings. The summed E-state index contributed by atoms with van der Waals surface area (Å²) in [5, 5.41) is 2.93. The van der Waals surface area contributed by atoms with E-state index in [1.807, 2.05) is 74.2 Å². The first-order chi connectivity index (χ1) is 17.7. The van der Waals surface area contributed by atoms with E-state index in [9.17, 15) is 14.0 Å². The zero-order valence-corrected chi connectivity index (χ0v) is 22.0. The molecule has 5 nitrogen and oxygen atoms in total. The number of halogens is 1. The standard InChI is InChI=1S/C31H35FN2O3/c1-20(2)15-29(35)34-14-13-24-11-12-27(18-28(24)30(34)25-9-6-10-26(32)17-25)37-22(4)31(36)33-19-23-8-5-7-21(3)16-23/h5-12,16-18,20,22,30H,13-15,19H2,1-4H3,(H,33,36)/t22-,30-/m1/s1. The van der Waals surface area contributed by atoms with Crippen molar-refractivity contribution in [2.45, 2.75) is 59.2 Å². The maximum absolute atomic E-state index is 14.2. The number of hydrogen-bond acceptors (Lipinski definition) is 3. The van der Waals surface area contributed by atoms with Crippen LogP contribution in [-0.4, -0.2) is 29.4 Å². The molecule has 0 aliphatic carbocycles. The number of aryl methyl sites for hydroxylation is 1. The van der Waals surface area contributed by atoms with E-state index in [0.717, 1.165) is 27.8 Å². The fraction of sp³-hybridized carbons (Fsp3) is 0.355. The van der Waals surface area contributed by atoms with Crippen LogP contribution in [0, 0.1) is 18.7 Å². The molecular formula is C31H35FN2O3. The van der Waals surface area contributed by atoms with E-state index in [2.05, 4.69) is 5.32 Å². The number of amides is 2. The van der Waals surface area contributed by atoms with Gasteiger partial charge in [-0.2, -0.15) is 0 Å². The third-order valence-electron chi connectivity index (χ3n) is 6.64. The molecule has 0 saturated heterocycles. The number of hydrogen-bond donors (Lipinski definition) is 1. The number of nitrogens with zero attached hydrogens (tertiary/aromatic N) is 1. The van der Waals surface area contributed by atoms with Crippen LogP contribution < -0.4 is 10.1 Å². The molecule has 3 aromatic carbocycles. The second-order valence-electron chi connectivity index (χ2n) is 10.2. The molecule has 0 aromatic heterocycles. The highest BCUT2D eigenvalue weighted by molar-refractivity contribution is 5.80. The number of carbonyl (C=O) groups excluding carboxylic acids is 2. The van der Waals surface area contributed by atoms with E-state index in [-0.39, 0.29) is 23.5 Å². The highest BCUT2D eigenvalue weighted by Gasteiger charge is 2.33. The summed E-state index contributed by atoms with van der Waals surface area (Å²) in [6.07, 6.45) is 0.422. The topological polar surface area (TPSA) is 58.6 Å². The summed E-state index contributed by atoms with van der Waals surface area (Å²) in [6.45, 7) is 8.76. The maximum atomic E-state index is 14.2. The van der Waals surface area contributed by atoms with Crippen LogP contribution in [0.4, 0.5) is 4.39 Å². The molecule has 0 spiro atoms. The van der Waals surface area contributed by atoms with Crippen LogP contribution in [0.3, 0.4) is 0 Å². The Hall–Kier alpha value is -3.67. The van der Waals surface area contributed by atoms with Crippen molar-refractivity contribution >= 4 is 11.8 Å². The van der Waals surface area contributed by atoms with Gasteiger partial charge in [-0.05, 0) is 72.7 Å². The largest absolute Gasteiger partial charge is 0.481 e. The molecule has 6 heteroatoms. The molecular weight excluding hydrogens is 467 g/mol. The SMILES string of the molecule is Cc1cccc(CNC(=O)[C@@H](C)Oc2ccc3c(c2)[C@@H](c2cccc(F)c2)N(C(=O)CC(C)C)CC3)c1. The zero-order valence-electron chi connectivity index (χ0n) is 22.0. The first kappa shape index (κ1) is 26.4. The van der Waals surface area contributed by atoms with E-state index in [1.54, 1.807) is 13.0 Å². The second-order valence-corrected chi connectivity index (χ2v) is 10.2. The van der Waals surface area contributed by atoms with Gasteiger partial charge in [0.1, 0.15) is 11.6 Å². The Kier molecular flexibility index (Phi) is 8.27. The summed E-state index contributed by atoms with van der Waals surface area (Å²) >= 11 is 0. The lowest BCUT2D eigenvalue weighted by atomic mass is 9.87. The van der Waals surface area contributed by atoms with Crippen LogP contribution in [0.25, 0.3) is 0 Å². The minimum absolute atomic E-state index is 0.0464. The van der Waals surface area contributed by atoms with E-state index in [4.69, 9.17) is 4.74 Å². The van der Waals surface area contributed by atoms with Crippen molar-refractivity contribution in [1.29, 1.82) is 0 Å². The smallest absolute Gasteiger partial charge is 0.261 e. The lowest BCUT2D eigenvalue weighted by Crippen LogP contribution is -2.41. The number of benzene rings is 3. The summed E-state index contributed by atoms with van der Waals surface area (Å²) in [7, 11) is 0. The second kappa shape index (κ2) is 11.6. The Balaban J connectivity index is 1.56. The van der Waals surface area contributed by atoms with Gasteiger partial charge in [-0.15, -0.1) is 0 Å². The predicted molar refractivity (Wildman–Crippen MR) is 143 cm³/mol. The van der Waals surface area contributed by atoms with Crippen LogP contribution in [0.1, 0.15) is 61.1 Å². The fourth-order valence-electron chi connectivity index (χ4n) is 4.85. The summed E-state index contributed by atoms with van der Waals surface area (Å²) < 4.78 is 20.3. The Morgan fingerprint density at radius 3 is 2.57 bits per heavy atom. The van der Waals surface area contributed by atoms with Gasteiger partial charge in [-0.3, -0.25) is 9.59 Å². The molecule has 37 heavy (non-hydrogen) atoms. The van der Waals surface area contributed by atoms with Gasteiger partial charge in [0.05, 0.1) is 6.04 Å². The summed E-state index contributed by atoms with van der Waals surface area (Å²) in [5.41, 5.74) is 4.88. The number of carbonyl (C=O) groups is 2. The van der Waals surface area contributed by atoms with E-state index < -0.39 is 12.1 Å². The van der Waals surface area contributed by atoms with Crippen LogP contribution in [0.2, 0.25) is 0 Å². The predicted octanol–water partition coefficient (Wildman–Crippen LogP) is 5.74. The highest BCUT2D eigenvalue weighted by atomic mass is 19.1. The van der Waals surface area contributed by atoms with Crippen LogP contribution in [0.15, 0.2) is 66.7 Å². The first-order valence-corrected chi connectivity index (χ1v) is 12.9. The van der Waals surface area contributed by atoms with Crippen molar-refractivity contribution in [1.82, 2.24) is 10.2 Å². The first-order valence-electron chi connectivity index (χ1n) is 12.9. The Bertz CT molecular complexity index is 1270. The quantitative estimate of drug-likeness (QED) is 0.428. The normalized spacial score (nSPS) is 15.7. The van der Waals surface area contributed by atoms with Crippen molar-refractivity contribution in [3.8, 4) is 5.75 Å². The van der Waals surface area contributed by atoms with Gasteiger partial charge in [0.25, 0.3) is 5.91 Å². The van der Waals surface area contributed by atoms with Gasteiger partial charge in [0.15, 0.2) is 6.10 Å². The van der Waals surface area contributed by atoms with Crippen molar-refractivity contribution in [3.05, 3.63) is 100 Å². The van der Waals surface area contributed by atoms with Gasteiger partial charge in [0, 0.05) is 19.5 Å². The van der Waals surface area contributed by atoms with Gasteiger partial charge in [-0.25, -0.2) is 4.39 Å². The molecule has 0 bridgehead atoms. The minimum Gasteiger partial charge on any atom is -0.481 e. The Labute approximate surface area is 218 Å². The molecule has 0 saturated carbocycles. The number of nitrogens with one attached hydrogen (secondary N) is 1. The molecule has 0 radical (unpaired) electrons. The van der Waals surface area contributed by atoms with Crippen LogP contribution >= 0.6 is 0 Å². The van der Waals surface area contributed by atoms with Crippen molar-refractivity contribution in [2.75, 3.05) is 6.54 Å². The number of rotatable bonds is 8. The summed E-state index contributed by atoms with van der Waals surface area (Å²) in [4.78, 5) is 27.8. The minimum atomic E-state index is -0.710. The fourth-order valence-corrected chi connectivity index (χ4v) is 4.85. The molecule has 1 heterocycles. The maximum Gasteiger partial charge on any atom is 0.261 e. The van der Waals surface area contributed by atoms with Gasteiger partial charge in [-0.1, -0.05) is 61.9 Å². The third kappa shape index (κ3) is 6.56. The molecule has 0 fully saturated rings. The van der Waals surface area contributed by atoms with Crippen LogP contribution in [0.5, 0.6) is 5.75 Å². The van der Waals surface area contributed by atoms with E-state index in [1.165, 1.54) is 12.1 Å². The molecule has 1 aliphatic heterocycles. The van der Waals surface area contributed by atoms with Gasteiger partial charge < -0.3 is 15.0 Å². The monoisotopic (exact) mass is 502 g/mol. The molecule has 2 amide bonds. The molecule has 4 rings (SSSR count). The van der Waals surface area contributed by atoms with Crippen molar-refractivity contribution in [2.24, 2.45) is 5.92 Å². The average molecular weight is 503 g/mol. The lowest BCUT2D eigenvalue weighted by Gasteiger charge is -2.38. The molecule has 2 atom stereocenters. The highest BCUT2D eigenvalue weighted by Crippen LogP contribution is 2.38. The van der Waals surface area contributed by atoms with Crippen molar-refractivity contribution in [3.63, 3.8) is 0 Å². The summed E-state index contributed by atoms with van der Waals surface area (Å²) in [5.74, 6) is 0.249. The number of fused-ring (bicyclic) bond motifs is 1. The van der Waals surface area contributed by atoms with Gasteiger partial charge >= 0.3 is 0 Å². The summed E-state index contributed by atoms with van der Waals surface area (Å²) in [6, 6.07) is 19.7. The van der Waals surface area contributed by atoms with Crippen molar-refractivity contribution < 1.29 is 18.7 Å². The number of ether oxygens (including phenoxy) is 1. The van der Waals surface area contributed by atoms with Gasteiger partial charge in [0.2, 0.25) is 5.91 Å². The Morgan fingerprint density at radius 2 is 1.84 bits per heavy atom. The zero-order chi connectivity index (χ0) is 26.5. The van der Waals surface area contributed by atoms with E-state index >= 15 is 0 Å². The molecule has 194 valence electrons. The Morgan fingerprint density at radius 1 is 1.05 bits per heavy atom. The lowest BCUT2D eigenvalue weighted by molar-refractivity contribution is -0.134. The third-order valence-corrected chi connectivity index (χ3v) is 6.64. The average Bonchev–Trinajstić information content (AvgIpc) is 2.86. The molecule has 3 aromatic rings.